The summed E-state index contributed by atoms with van der Waals surface area (Å²) in [5.41, 5.74) is 3.51. The molecule has 0 amide bonds. The molecule has 1 unspecified atom stereocenters. The summed E-state index contributed by atoms with van der Waals surface area (Å²) in [7, 11) is 0. The maximum Gasteiger partial charge on any atom is 0.328 e. The highest BCUT2D eigenvalue weighted by molar-refractivity contribution is 5.85. The van der Waals surface area contributed by atoms with Crippen molar-refractivity contribution < 1.29 is 24.5 Å². The number of esters is 1. The summed E-state index contributed by atoms with van der Waals surface area (Å²) in [5, 5.41) is 19.2. The molecule has 1 fully saturated rings. The van der Waals surface area contributed by atoms with Crippen molar-refractivity contribution in [3.05, 3.63) is 88.5 Å². The zero-order valence-corrected chi connectivity index (χ0v) is 17.7. The number of ether oxygens (including phenoxy) is 1. The molecule has 31 heavy (non-hydrogen) atoms. The lowest BCUT2D eigenvalue weighted by molar-refractivity contribution is -0.151. The van der Waals surface area contributed by atoms with Gasteiger partial charge in [0.05, 0.1) is 13.0 Å². The average molecular weight is 418 g/mol. The van der Waals surface area contributed by atoms with Gasteiger partial charge in [-0.2, -0.15) is 0 Å². The second-order valence-electron chi connectivity index (χ2n) is 8.04. The van der Waals surface area contributed by atoms with Crippen molar-refractivity contribution in [1.29, 1.82) is 0 Å². The summed E-state index contributed by atoms with van der Waals surface area (Å²) >= 11 is 0. The van der Waals surface area contributed by atoms with Crippen LogP contribution in [0.5, 0.6) is 5.75 Å². The topological polar surface area (TPSA) is 83.8 Å². The molecule has 0 spiro atoms. The number of phenols is 1. The van der Waals surface area contributed by atoms with Crippen molar-refractivity contribution in [1.82, 2.24) is 0 Å². The van der Waals surface area contributed by atoms with E-state index in [1.54, 1.807) is 24.3 Å². The van der Waals surface area contributed by atoms with E-state index < -0.39 is 11.4 Å². The minimum Gasteiger partial charge on any atom is -0.508 e. The smallest absolute Gasteiger partial charge is 0.328 e. The van der Waals surface area contributed by atoms with E-state index in [9.17, 15) is 19.8 Å². The minimum absolute atomic E-state index is 0.109. The van der Waals surface area contributed by atoms with E-state index in [2.05, 4.69) is 0 Å². The number of hydrogen-bond donors (Lipinski definition) is 2. The lowest BCUT2D eigenvalue weighted by Crippen LogP contribution is -2.32. The Kier molecular flexibility index (Phi) is 6.75. The maximum absolute atomic E-state index is 12.0. The number of carboxylic acids is 1. The van der Waals surface area contributed by atoms with E-state index in [4.69, 9.17) is 4.74 Å². The number of phenolic OH excluding ortho intramolecular Hbond substituents is 1. The number of carbonyl (C=O) groups excluding carboxylic acids is 1. The Morgan fingerprint density at radius 3 is 2.32 bits per heavy atom. The minimum atomic E-state index is -1.07. The van der Waals surface area contributed by atoms with Gasteiger partial charge in [0, 0.05) is 11.5 Å². The van der Waals surface area contributed by atoms with Gasteiger partial charge in [0.1, 0.15) is 5.75 Å². The number of carboxylic acid groups (broad SMARTS) is 1. The Balaban J connectivity index is 2.10. The van der Waals surface area contributed by atoms with E-state index in [1.807, 2.05) is 56.3 Å². The zero-order chi connectivity index (χ0) is 22.4. The molecule has 3 rings (SSSR count). The third-order valence-electron chi connectivity index (χ3n) is 5.43. The van der Waals surface area contributed by atoms with E-state index in [-0.39, 0.29) is 24.7 Å². The van der Waals surface area contributed by atoms with Crippen LogP contribution in [-0.4, -0.2) is 28.8 Å². The lowest BCUT2D eigenvalue weighted by atomic mass is 9.72. The summed E-state index contributed by atoms with van der Waals surface area (Å²) in [5.74, 6) is -1.26. The molecule has 0 aromatic heterocycles. The number of hydrogen-bond acceptors (Lipinski definition) is 4. The molecule has 1 heterocycles. The largest absolute Gasteiger partial charge is 0.508 e. The van der Waals surface area contributed by atoms with Crippen LogP contribution in [0.25, 0.3) is 12.2 Å². The van der Waals surface area contributed by atoms with Gasteiger partial charge in [-0.15, -0.1) is 0 Å². The lowest BCUT2D eigenvalue weighted by Gasteiger charge is -2.35. The van der Waals surface area contributed by atoms with Crippen LogP contribution in [0, 0.1) is 12.3 Å². The molecule has 0 aliphatic carbocycles. The second-order valence-corrected chi connectivity index (χ2v) is 8.04. The highest BCUT2D eigenvalue weighted by Crippen LogP contribution is 2.42. The normalized spacial score (nSPS) is 20.0. The number of aromatic hydroxyl groups is 1. The molecule has 1 aliphatic rings. The Labute approximate surface area is 182 Å². The van der Waals surface area contributed by atoms with Gasteiger partial charge in [0.15, 0.2) is 0 Å². The Morgan fingerprint density at radius 1 is 1.06 bits per heavy atom. The van der Waals surface area contributed by atoms with E-state index in [0.29, 0.717) is 17.6 Å². The molecule has 0 saturated carbocycles. The van der Waals surface area contributed by atoms with Crippen molar-refractivity contribution in [3.63, 3.8) is 0 Å². The van der Waals surface area contributed by atoms with Crippen LogP contribution in [0.3, 0.4) is 0 Å². The number of rotatable bonds is 6. The molecular weight excluding hydrogens is 392 g/mol. The molecule has 5 nitrogen and oxygen atoms in total. The first-order valence-corrected chi connectivity index (χ1v) is 10.1. The third kappa shape index (κ3) is 5.95. The summed E-state index contributed by atoms with van der Waals surface area (Å²) in [6.45, 7) is 4.16. The van der Waals surface area contributed by atoms with Crippen molar-refractivity contribution in [3.8, 4) is 5.75 Å². The number of benzene rings is 2. The van der Waals surface area contributed by atoms with Crippen molar-refractivity contribution in [2.24, 2.45) is 5.41 Å². The number of carbonyl (C=O) groups is 2. The SMILES string of the molecule is Cc1ccc(C=CC(=Cc2ccc(O)cc2)C(=CC(=O)O)C2(C)CCOC(=O)C2)cc1. The molecule has 5 heteroatoms. The van der Waals surface area contributed by atoms with Crippen LogP contribution in [0.4, 0.5) is 0 Å². The molecule has 160 valence electrons. The van der Waals surface area contributed by atoms with Crippen molar-refractivity contribution >= 4 is 24.1 Å². The highest BCUT2D eigenvalue weighted by atomic mass is 16.5. The van der Waals surface area contributed by atoms with E-state index >= 15 is 0 Å². The number of aliphatic carboxylic acids is 1. The maximum atomic E-state index is 12.0. The zero-order valence-electron chi connectivity index (χ0n) is 17.7. The van der Waals surface area contributed by atoms with Crippen LogP contribution in [0.2, 0.25) is 0 Å². The van der Waals surface area contributed by atoms with Crippen LogP contribution < -0.4 is 0 Å². The molecular formula is C26H26O5. The fourth-order valence-corrected chi connectivity index (χ4v) is 3.64. The fourth-order valence-electron chi connectivity index (χ4n) is 3.64. The Bertz CT molecular complexity index is 1040. The van der Waals surface area contributed by atoms with E-state index in [1.165, 1.54) is 6.08 Å². The van der Waals surface area contributed by atoms with Crippen LogP contribution in [-0.2, 0) is 14.3 Å². The number of allylic oxidation sites excluding steroid dienone is 3. The summed E-state index contributed by atoms with van der Waals surface area (Å²) in [6.07, 6.45) is 7.48. The monoisotopic (exact) mass is 418 g/mol. The summed E-state index contributed by atoms with van der Waals surface area (Å²) in [4.78, 5) is 23.7. The first-order valence-electron chi connectivity index (χ1n) is 10.1. The molecule has 1 aliphatic heterocycles. The van der Waals surface area contributed by atoms with Gasteiger partial charge in [-0.05, 0) is 53.8 Å². The molecule has 1 saturated heterocycles. The fraction of sp³-hybridized carbons (Fsp3) is 0.231. The van der Waals surface area contributed by atoms with Gasteiger partial charge in [0.2, 0.25) is 0 Å². The number of aryl methyl sites for hydroxylation is 1. The second kappa shape index (κ2) is 9.47. The van der Waals surface area contributed by atoms with Crippen LogP contribution in [0.15, 0.2) is 71.8 Å². The quantitative estimate of drug-likeness (QED) is 0.385. The first kappa shape index (κ1) is 22.1. The summed E-state index contributed by atoms with van der Waals surface area (Å²) < 4.78 is 5.10. The molecule has 0 radical (unpaired) electrons. The van der Waals surface area contributed by atoms with Gasteiger partial charge in [-0.1, -0.05) is 61.0 Å². The van der Waals surface area contributed by atoms with Crippen molar-refractivity contribution in [2.75, 3.05) is 6.61 Å². The first-order chi connectivity index (χ1) is 14.7. The van der Waals surface area contributed by atoms with Gasteiger partial charge in [0.25, 0.3) is 0 Å². The predicted molar refractivity (Wildman–Crippen MR) is 120 cm³/mol. The molecule has 2 aromatic rings. The molecule has 2 N–H and O–H groups in total. The van der Waals surface area contributed by atoms with Crippen LogP contribution in [0.1, 0.15) is 36.5 Å². The Morgan fingerprint density at radius 2 is 1.71 bits per heavy atom. The molecule has 2 aromatic carbocycles. The predicted octanol–water partition coefficient (Wildman–Crippen LogP) is 5.15. The van der Waals surface area contributed by atoms with Gasteiger partial charge in [-0.3, -0.25) is 4.79 Å². The summed E-state index contributed by atoms with van der Waals surface area (Å²) in [6, 6.07) is 14.7. The average Bonchev–Trinajstić information content (AvgIpc) is 2.72. The Hall–Kier alpha value is -3.60. The third-order valence-corrected chi connectivity index (χ3v) is 5.43. The van der Waals surface area contributed by atoms with Gasteiger partial charge < -0.3 is 14.9 Å². The van der Waals surface area contributed by atoms with Gasteiger partial charge >= 0.3 is 11.9 Å². The molecule has 1 atom stereocenters. The molecule has 0 bridgehead atoms. The van der Waals surface area contributed by atoms with Gasteiger partial charge in [-0.25, -0.2) is 4.79 Å². The number of cyclic esters (lactones) is 1. The van der Waals surface area contributed by atoms with Crippen molar-refractivity contribution in [2.45, 2.75) is 26.7 Å². The van der Waals surface area contributed by atoms with Crippen LogP contribution >= 0.6 is 0 Å². The standard InChI is InChI=1S/C26H26O5/c1-18-3-5-19(6-4-18)7-10-21(15-20-8-11-22(27)12-9-20)23(16-24(28)29)26(2)13-14-31-25(30)17-26/h3-12,15-16,27H,13-14,17H2,1-2H3,(H,28,29). The highest BCUT2D eigenvalue weighted by Gasteiger charge is 2.37. The van der Waals surface area contributed by atoms with E-state index in [0.717, 1.165) is 16.7 Å².